The highest BCUT2D eigenvalue weighted by atomic mass is 32.2. The summed E-state index contributed by atoms with van der Waals surface area (Å²) in [5.74, 6) is 3.44. The maximum atomic E-state index is 15.1. The zero-order valence-electron chi connectivity index (χ0n) is 21.1. The Morgan fingerprint density at radius 3 is 2.44 bits per heavy atom. The fourth-order valence-electron chi connectivity index (χ4n) is 4.05. The quantitative estimate of drug-likeness (QED) is 0.339. The van der Waals surface area contributed by atoms with Crippen molar-refractivity contribution in [1.29, 1.82) is 0 Å². The standard InChI is InChI=1S/C24H35F2N7O2S/c1-16(2)15-36(34,35)30-22-6-5-20(25)24(23(22)26)33(28)14-21(27)18-11-19(13-29-12-18)32-9-7-31(8-10-32)17(3)4/h5-6,11-14,16-17,30H,7-10,15,27-28H2,1-4H3/b21-14-. The first-order valence-electron chi connectivity index (χ1n) is 11.8. The Balaban J connectivity index is 1.82. The van der Waals surface area contributed by atoms with Gasteiger partial charge in [-0.1, -0.05) is 13.8 Å². The molecule has 1 aliphatic heterocycles. The minimum atomic E-state index is -3.83. The van der Waals surface area contributed by atoms with E-state index in [-0.39, 0.29) is 17.4 Å². The molecule has 0 radical (unpaired) electrons. The number of nitrogens with zero attached hydrogens (tertiary/aromatic N) is 4. The predicted molar refractivity (Wildman–Crippen MR) is 141 cm³/mol. The van der Waals surface area contributed by atoms with Crippen molar-refractivity contribution in [3.8, 4) is 0 Å². The van der Waals surface area contributed by atoms with E-state index in [1.54, 1.807) is 20.0 Å². The largest absolute Gasteiger partial charge is 0.397 e. The second-order valence-corrected chi connectivity index (χ2v) is 11.3. The Hall–Kier alpha value is -2.96. The van der Waals surface area contributed by atoms with Gasteiger partial charge in [0.1, 0.15) is 5.69 Å². The molecule has 1 aromatic heterocycles. The predicted octanol–water partition coefficient (Wildman–Crippen LogP) is 2.93. The number of nitrogens with one attached hydrogen (secondary N) is 1. The number of benzene rings is 1. The Morgan fingerprint density at radius 2 is 1.83 bits per heavy atom. The van der Waals surface area contributed by atoms with E-state index in [0.29, 0.717) is 16.6 Å². The van der Waals surface area contributed by atoms with Crippen molar-refractivity contribution in [1.82, 2.24) is 9.88 Å². The van der Waals surface area contributed by atoms with E-state index >= 15 is 4.39 Å². The Bertz CT molecular complexity index is 1200. The summed E-state index contributed by atoms with van der Waals surface area (Å²) in [6, 6.07) is 4.28. The Morgan fingerprint density at radius 1 is 1.17 bits per heavy atom. The first kappa shape index (κ1) is 27.6. The molecule has 2 aromatic rings. The van der Waals surface area contributed by atoms with E-state index in [1.807, 2.05) is 6.07 Å². The zero-order chi connectivity index (χ0) is 26.6. The second kappa shape index (κ2) is 11.4. The van der Waals surface area contributed by atoms with Gasteiger partial charge < -0.3 is 10.6 Å². The highest BCUT2D eigenvalue weighted by Gasteiger charge is 2.22. The number of halogens is 2. The van der Waals surface area contributed by atoms with Crippen molar-refractivity contribution in [3.63, 3.8) is 0 Å². The first-order valence-corrected chi connectivity index (χ1v) is 13.5. The summed E-state index contributed by atoms with van der Waals surface area (Å²) in [6.07, 6.45) is 4.45. The number of hydrogen-bond donors (Lipinski definition) is 3. The van der Waals surface area contributed by atoms with Crippen LogP contribution in [0.4, 0.5) is 25.8 Å². The van der Waals surface area contributed by atoms with Gasteiger partial charge in [-0.05, 0) is 38.0 Å². The topological polar surface area (TPSA) is 121 Å². The average molecular weight is 524 g/mol. The van der Waals surface area contributed by atoms with Crippen molar-refractivity contribution in [2.75, 3.05) is 46.6 Å². The van der Waals surface area contributed by atoms with E-state index in [2.05, 4.69) is 33.4 Å². The molecule has 12 heteroatoms. The number of aromatic nitrogens is 1. The van der Waals surface area contributed by atoms with Crippen LogP contribution in [0.2, 0.25) is 0 Å². The fraction of sp³-hybridized carbons (Fsp3) is 0.458. The van der Waals surface area contributed by atoms with Crippen molar-refractivity contribution in [2.24, 2.45) is 17.5 Å². The van der Waals surface area contributed by atoms with Gasteiger partial charge in [0.2, 0.25) is 10.0 Å². The van der Waals surface area contributed by atoms with Crippen LogP contribution in [-0.2, 0) is 10.0 Å². The Kier molecular flexibility index (Phi) is 8.75. The molecule has 1 aromatic carbocycles. The van der Waals surface area contributed by atoms with Crippen LogP contribution in [0.5, 0.6) is 0 Å². The lowest BCUT2D eigenvalue weighted by Crippen LogP contribution is -2.48. The van der Waals surface area contributed by atoms with Crippen LogP contribution in [-0.4, -0.2) is 56.3 Å². The van der Waals surface area contributed by atoms with E-state index in [0.717, 1.165) is 44.0 Å². The normalized spacial score (nSPS) is 15.6. The highest BCUT2D eigenvalue weighted by molar-refractivity contribution is 7.92. The molecule has 3 rings (SSSR count). The summed E-state index contributed by atoms with van der Waals surface area (Å²) >= 11 is 0. The van der Waals surface area contributed by atoms with Gasteiger partial charge in [0, 0.05) is 50.2 Å². The lowest BCUT2D eigenvalue weighted by molar-refractivity contribution is 0.209. The van der Waals surface area contributed by atoms with Crippen LogP contribution in [0.25, 0.3) is 5.70 Å². The molecule has 0 aliphatic carbocycles. The monoisotopic (exact) mass is 523 g/mol. The molecular weight excluding hydrogens is 488 g/mol. The molecule has 0 amide bonds. The van der Waals surface area contributed by atoms with Crippen LogP contribution in [0, 0.1) is 17.6 Å². The summed E-state index contributed by atoms with van der Waals surface area (Å²) in [4.78, 5) is 8.87. The first-order chi connectivity index (χ1) is 16.9. The molecule has 2 heterocycles. The Labute approximate surface area is 211 Å². The molecule has 9 nitrogen and oxygen atoms in total. The third-order valence-electron chi connectivity index (χ3n) is 5.89. The van der Waals surface area contributed by atoms with Crippen LogP contribution in [0.15, 0.2) is 36.8 Å². The number of hydrazine groups is 1. The molecule has 1 fully saturated rings. The van der Waals surface area contributed by atoms with Crippen molar-refractivity contribution < 1.29 is 17.2 Å². The maximum absolute atomic E-state index is 15.1. The third kappa shape index (κ3) is 6.83. The van der Waals surface area contributed by atoms with Gasteiger partial charge in [0.05, 0.1) is 29.0 Å². The SMILES string of the molecule is CC(C)CS(=O)(=O)Nc1ccc(F)c(N(N)/C=C(\N)c2cncc(N3CCN(C(C)C)CC3)c2)c1F. The van der Waals surface area contributed by atoms with Gasteiger partial charge >= 0.3 is 0 Å². The van der Waals surface area contributed by atoms with Crippen molar-refractivity contribution in [2.45, 2.75) is 33.7 Å². The lowest BCUT2D eigenvalue weighted by atomic mass is 10.1. The third-order valence-corrected chi connectivity index (χ3v) is 7.52. The number of nitrogens with two attached hydrogens (primary N) is 2. The molecule has 36 heavy (non-hydrogen) atoms. The summed E-state index contributed by atoms with van der Waals surface area (Å²) in [5, 5.41) is 0.703. The van der Waals surface area contributed by atoms with Crippen molar-refractivity contribution in [3.05, 3.63) is 54.0 Å². The molecule has 0 bridgehead atoms. The molecule has 0 unspecified atom stereocenters. The molecular formula is C24H35F2N7O2S. The second-order valence-electron chi connectivity index (χ2n) is 9.58. The number of rotatable bonds is 9. The zero-order valence-corrected chi connectivity index (χ0v) is 21.9. The number of anilines is 3. The van der Waals surface area contributed by atoms with Crippen molar-refractivity contribution >= 4 is 32.8 Å². The lowest BCUT2D eigenvalue weighted by Gasteiger charge is -2.38. The number of pyridine rings is 1. The molecule has 1 aliphatic rings. The van der Waals surface area contributed by atoms with E-state index < -0.39 is 33.0 Å². The van der Waals surface area contributed by atoms with E-state index in [4.69, 9.17) is 11.6 Å². The van der Waals surface area contributed by atoms with Crippen LogP contribution in [0.1, 0.15) is 33.3 Å². The van der Waals surface area contributed by atoms with Crippen LogP contribution >= 0.6 is 0 Å². The fourth-order valence-corrected chi connectivity index (χ4v) is 5.50. The van der Waals surface area contributed by atoms with Gasteiger partial charge in [-0.15, -0.1) is 0 Å². The average Bonchev–Trinajstić information content (AvgIpc) is 2.80. The minimum Gasteiger partial charge on any atom is -0.397 e. The van der Waals surface area contributed by atoms with Gasteiger partial charge in [-0.25, -0.2) is 23.0 Å². The van der Waals surface area contributed by atoms with Gasteiger partial charge in [-0.2, -0.15) is 0 Å². The summed E-state index contributed by atoms with van der Waals surface area (Å²) in [5.41, 5.74) is 6.71. The van der Waals surface area contributed by atoms with Gasteiger partial charge in [0.15, 0.2) is 11.6 Å². The maximum Gasteiger partial charge on any atom is 0.233 e. The highest BCUT2D eigenvalue weighted by Crippen LogP contribution is 2.30. The molecule has 5 N–H and O–H groups in total. The van der Waals surface area contributed by atoms with Crippen LogP contribution < -0.4 is 26.2 Å². The van der Waals surface area contributed by atoms with E-state index in [9.17, 15) is 12.8 Å². The summed E-state index contributed by atoms with van der Waals surface area (Å²) in [6.45, 7) is 11.3. The minimum absolute atomic E-state index is 0.136. The number of piperazine rings is 1. The molecule has 0 atom stereocenters. The molecule has 198 valence electrons. The number of hydrogen-bond acceptors (Lipinski definition) is 8. The summed E-state index contributed by atoms with van der Waals surface area (Å²) in [7, 11) is -3.83. The molecule has 0 saturated carbocycles. The number of sulfonamides is 1. The smallest absolute Gasteiger partial charge is 0.233 e. The molecule has 1 saturated heterocycles. The van der Waals surface area contributed by atoms with E-state index in [1.165, 1.54) is 12.4 Å². The van der Waals surface area contributed by atoms with Gasteiger partial charge in [0.25, 0.3) is 0 Å². The summed E-state index contributed by atoms with van der Waals surface area (Å²) < 4.78 is 56.3. The van der Waals surface area contributed by atoms with Crippen LogP contribution in [0.3, 0.4) is 0 Å². The molecule has 0 spiro atoms. The van der Waals surface area contributed by atoms with Gasteiger partial charge in [-0.3, -0.25) is 19.6 Å².